The van der Waals surface area contributed by atoms with E-state index >= 15 is 0 Å². The number of ether oxygens (including phenoxy) is 1. The Morgan fingerprint density at radius 1 is 1.46 bits per heavy atom. The van der Waals surface area contributed by atoms with E-state index in [0.717, 1.165) is 23.0 Å². The van der Waals surface area contributed by atoms with Gasteiger partial charge in [-0.25, -0.2) is 4.68 Å². The standard InChI is InChI=1S/C17H22N4O2S/c1-23-11-13-9-20(16(22)7-14-3-2-6-24-14)10-15-17(13)21(19-18-15)8-12-4-5-12/h2-3,6,12-13H,4-5,7-11H2,1H3/t13-/m1/s1. The van der Waals surface area contributed by atoms with E-state index in [1.807, 2.05) is 22.4 Å². The van der Waals surface area contributed by atoms with Crippen LogP contribution in [-0.4, -0.2) is 46.1 Å². The number of carbonyl (C=O) groups is 1. The molecule has 1 saturated carbocycles. The number of hydrogen-bond acceptors (Lipinski definition) is 5. The van der Waals surface area contributed by atoms with Gasteiger partial charge in [0.1, 0.15) is 5.69 Å². The van der Waals surface area contributed by atoms with Crippen LogP contribution in [0.5, 0.6) is 0 Å². The molecule has 1 fully saturated rings. The molecule has 0 saturated heterocycles. The number of aromatic nitrogens is 3. The van der Waals surface area contributed by atoms with Gasteiger partial charge in [-0.1, -0.05) is 11.3 Å². The third kappa shape index (κ3) is 3.23. The summed E-state index contributed by atoms with van der Waals surface area (Å²) >= 11 is 1.63. The van der Waals surface area contributed by atoms with E-state index in [-0.39, 0.29) is 11.8 Å². The average Bonchev–Trinajstić information content (AvgIpc) is 3.06. The highest BCUT2D eigenvalue weighted by molar-refractivity contribution is 7.10. The van der Waals surface area contributed by atoms with E-state index in [4.69, 9.17) is 4.74 Å². The Hall–Kier alpha value is -1.73. The van der Waals surface area contributed by atoms with Crippen molar-refractivity contribution in [3.63, 3.8) is 0 Å². The maximum atomic E-state index is 12.7. The molecule has 0 spiro atoms. The predicted octanol–water partition coefficient (Wildman–Crippen LogP) is 2.06. The smallest absolute Gasteiger partial charge is 0.228 e. The molecule has 3 heterocycles. The number of hydrogen-bond donors (Lipinski definition) is 0. The summed E-state index contributed by atoms with van der Waals surface area (Å²) in [6, 6.07) is 4.00. The zero-order valence-corrected chi connectivity index (χ0v) is 14.7. The molecule has 128 valence electrons. The van der Waals surface area contributed by atoms with Crippen molar-refractivity contribution in [2.45, 2.75) is 38.3 Å². The summed E-state index contributed by atoms with van der Waals surface area (Å²) in [4.78, 5) is 15.7. The van der Waals surface area contributed by atoms with Crippen molar-refractivity contribution in [3.05, 3.63) is 33.8 Å². The Morgan fingerprint density at radius 2 is 2.33 bits per heavy atom. The minimum Gasteiger partial charge on any atom is -0.384 e. The molecule has 2 aromatic heterocycles. The highest BCUT2D eigenvalue weighted by Crippen LogP contribution is 2.34. The zero-order chi connectivity index (χ0) is 16.5. The quantitative estimate of drug-likeness (QED) is 0.803. The SMILES string of the molecule is COC[C@H]1CN(C(=O)Cc2cccs2)Cc2nnn(CC3CC3)c21. The van der Waals surface area contributed by atoms with Gasteiger partial charge >= 0.3 is 0 Å². The molecule has 1 atom stereocenters. The van der Waals surface area contributed by atoms with Crippen molar-refractivity contribution in [2.24, 2.45) is 5.92 Å². The van der Waals surface area contributed by atoms with Gasteiger partial charge in [0.25, 0.3) is 0 Å². The lowest BCUT2D eigenvalue weighted by atomic mass is 9.98. The summed E-state index contributed by atoms with van der Waals surface area (Å²) < 4.78 is 7.47. The van der Waals surface area contributed by atoms with E-state index in [0.29, 0.717) is 26.1 Å². The second-order valence-corrected chi connectivity index (χ2v) is 7.76. The largest absolute Gasteiger partial charge is 0.384 e. The summed E-state index contributed by atoms with van der Waals surface area (Å²) in [5.74, 6) is 1.05. The minimum atomic E-state index is 0.153. The van der Waals surface area contributed by atoms with Crippen molar-refractivity contribution in [3.8, 4) is 0 Å². The second kappa shape index (κ2) is 6.64. The molecule has 0 unspecified atom stereocenters. The van der Waals surface area contributed by atoms with E-state index in [1.165, 1.54) is 18.5 Å². The fraction of sp³-hybridized carbons (Fsp3) is 0.588. The van der Waals surface area contributed by atoms with Gasteiger partial charge in [-0.3, -0.25) is 4.79 Å². The van der Waals surface area contributed by atoms with Crippen LogP contribution in [0.4, 0.5) is 0 Å². The number of methoxy groups -OCH3 is 1. The molecule has 0 N–H and O–H groups in total. The lowest BCUT2D eigenvalue weighted by Gasteiger charge is -2.32. The van der Waals surface area contributed by atoms with E-state index in [2.05, 4.69) is 15.0 Å². The lowest BCUT2D eigenvalue weighted by Crippen LogP contribution is -2.41. The lowest BCUT2D eigenvalue weighted by molar-refractivity contribution is -0.132. The molecular formula is C17H22N4O2S. The third-order valence-corrected chi connectivity index (χ3v) is 5.65. The Balaban J connectivity index is 1.53. The van der Waals surface area contributed by atoms with Crippen molar-refractivity contribution >= 4 is 17.2 Å². The predicted molar refractivity (Wildman–Crippen MR) is 90.8 cm³/mol. The number of fused-ring (bicyclic) bond motifs is 1. The third-order valence-electron chi connectivity index (χ3n) is 4.77. The van der Waals surface area contributed by atoms with Gasteiger partial charge in [-0.2, -0.15) is 0 Å². The summed E-state index contributed by atoms with van der Waals surface area (Å²) in [5.41, 5.74) is 2.10. The first-order valence-corrected chi connectivity index (χ1v) is 9.34. The first kappa shape index (κ1) is 15.8. The van der Waals surface area contributed by atoms with Gasteiger partial charge in [0, 0.05) is 31.0 Å². The summed E-state index contributed by atoms with van der Waals surface area (Å²) in [6.07, 6.45) is 3.03. The molecule has 1 amide bonds. The maximum absolute atomic E-state index is 12.7. The van der Waals surface area contributed by atoms with Gasteiger partial charge in [0.15, 0.2) is 0 Å². The molecule has 4 rings (SSSR count). The molecule has 2 aromatic rings. The van der Waals surface area contributed by atoms with Crippen LogP contribution >= 0.6 is 11.3 Å². The summed E-state index contributed by atoms with van der Waals surface area (Å²) in [6.45, 7) is 2.78. The van der Waals surface area contributed by atoms with Gasteiger partial charge in [0.05, 0.1) is 25.3 Å². The topological polar surface area (TPSA) is 60.2 Å². The molecule has 2 aliphatic rings. The van der Waals surface area contributed by atoms with Crippen molar-refractivity contribution in [1.29, 1.82) is 0 Å². The molecule has 6 nitrogen and oxygen atoms in total. The van der Waals surface area contributed by atoms with Gasteiger partial charge in [-0.15, -0.1) is 16.4 Å². The fourth-order valence-electron chi connectivity index (χ4n) is 3.39. The Kier molecular flexibility index (Phi) is 4.37. The average molecular weight is 346 g/mol. The van der Waals surface area contributed by atoms with Crippen LogP contribution in [0.3, 0.4) is 0 Å². The normalized spacial score (nSPS) is 20.2. The van der Waals surface area contributed by atoms with Crippen molar-refractivity contribution in [1.82, 2.24) is 19.9 Å². The van der Waals surface area contributed by atoms with Crippen LogP contribution in [0.15, 0.2) is 17.5 Å². The minimum absolute atomic E-state index is 0.153. The molecule has 1 aliphatic carbocycles. The number of carbonyl (C=O) groups excluding carboxylic acids is 1. The zero-order valence-electron chi connectivity index (χ0n) is 13.9. The van der Waals surface area contributed by atoms with Crippen molar-refractivity contribution < 1.29 is 9.53 Å². The van der Waals surface area contributed by atoms with E-state index < -0.39 is 0 Å². The summed E-state index contributed by atoms with van der Waals surface area (Å²) in [5, 5.41) is 10.7. The second-order valence-electron chi connectivity index (χ2n) is 6.73. The van der Waals surface area contributed by atoms with Gasteiger partial charge < -0.3 is 9.64 Å². The Labute approximate surface area is 145 Å². The van der Waals surface area contributed by atoms with Crippen LogP contribution in [0.25, 0.3) is 0 Å². The van der Waals surface area contributed by atoms with Crippen LogP contribution in [-0.2, 0) is 29.0 Å². The molecular weight excluding hydrogens is 324 g/mol. The number of rotatable bonds is 6. The summed E-state index contributed by atoms with van der Waals surface area (Å²) in [7, 11) is 1.71. The van der Waals surface area contributed by atoms with Gasteiger partial charge in [0.2, 0.25) is 5.91 Å². The maximum Gasteiger partial charge on any atom is 0.228 e. The first-order valence-electron chi connectivity index (χ1n) is 8.46. The van der Waals surface area contributed by atoms with Gasteiger partial charge in [-0.05, 0) is 30.2 Å². The highest BCUT2D eigenvalue weighted by Gasteiger charge is 2.34. The Bertz CT molecular complexity index is 708. The van der Waals surface area contributed by atoms with Crippen LogP contribution < -0.4 is 0 Å². The number of nitrogens with zero attached hydrogens (tertiary/aromatic N) is 4. The van der Waals surface area contributed by atoms with Crippen LogP contribution in [0.1, 0.15) is 35.0 Å². The highest BCUT2D eigenvalue weighted by atomic mass is 32.1. The number of amides is 1. The van der Waals surface area contributed by atoms with Crippen LogP contribution in [0.2, 0.25) is 0 Å². The molecule has 0 bridgehead atoms. The van der Waals surface area contributed by atoms with Crippen molar-refractivity contribution in [2.75, 3.05) is 20.3 Å². The molecule has 1 aliphatic heterocycles. The number of thiophene rings is 1. The van der Waals surface area contributed by atoms with E-state index in [9.17, 15) is 4.79 Å². The Morgan fingerprint density at radius 3 is 3.04 bits per heavy atom. The molecule has 0 aromatic carbocycles. The first-order chi connectivity index (χ1) is 11.7. The molecule has 24 heavy (non-hydrogen) atoms. The van der Waals surface area contributed by atoms with E-state index in [1.54, 1.807) is 18.4 Å². The molecule has 0 radical (unpaired) electrons. The fourth-order valence-corrected chi connectivity index (χ4v) is 4.09. The van der Waals surface area contributed by atoms with Crippen LogP contribution in [0, 0.1) is 5.92 Å². The molecule has 7 heteroatoms. The monoisotopic (exact) mass is 346 g/mol.